The number of amides is 1. The number of benzene rings is 2. The number of rotatable bonds is 2. The summed E-state index contributed by atoms with van der Waals surface area (Å²) in [7, 11) is 0. The Kier molecular flexibility index (Phi) is 4.33. The van der Waals surface area contributed by atoms with Gasteiger partial charge in [-0.1, -0.05) is 48.5 Å². The van der Waals surface area contributed by atoms with E-state index in [1.165, 1.54) is 22.3 Å². The number of ether oxygens (including phenoxy) is 3. The van der Waals surface area contributed by atoms with Gasteiger partial charge in [-0.05, 0) is 22.3 Å². The molecule has 2 unspecified atom stereocenters. The number of likely N-dealkylation sites (tertiary alicyclic amines) is 1. The molecule has 1 spiro atoms. The molecule has 0 radical (unpaired) electrons. The standard InChI is InChI=1S/C24H26N2O4/c27-23(26-13-16-11-25-12-17(14-26)24(16)29-9-10-30-24)28-15-22-20-7-3-1-5-18(20)19-6-2-4-8-21(19)22/h1-8,16-17,22,25H,9-15H2. The highest BCUT2D eigenvalue weighted by Gasteiger charge is 2.57. The average molecular weight is 406 g/mol. The number of hydrogen-bond donors (Lipinski definition) is 1. The van der Waals surface area contributed by atoms with Crippen molar-refractivity contribution in [2.75, 3.05) is 46.0 Å². The highest BCUT2D eigenvalue weighted by Crippen LogP contribution is 2.45. The van der Waals surface area contributed by atoms with Crippen molar-refractivity contribution < 1.29 is 19.0 Å². The molecule has 6 rings (SSSR count). The lowest BCUT2D eigenvalue weighted by Gasteiger charge is -2.51. The summed E-state index contributed by atoms with van der Waals surface area (Å²) in [6, 6.07) is 16.8. The molecule has 0 aromatic heterocycles. The molecule has 3 heterocycles. The van der Waals surface area contributed by atoms with Gasteiger partial charge in [0, 0.05) is 43.9 Å². The predicted molar refractivity (Wildman–Crippen MR) is 111 cm³/mol. The van der Waals surface area contributed by atoms with E-state index in [1.54, 1.807) is 0 Å². The van der Waals surface area contributed by atoms with Crippen LogP contribution in [0.4, 0.5) is 4.79 Å². The van der Waals surface area contributed by atoms with Gasteiger partial charge in [0.25, 0.3) is 0 Å². The number of fused-ring (bicyclic) bond motifs is 3. The number of carbonyl (C=O) groups excluding carboxylic acids is 1. The number of piperidine rings is 2. The van der Waals surface area contributed by atoms with E-state index >= 15 is 0 Å². The first kappa shape index (κ1) is 18.4. The van der Waals surface area contributed by atoms with Gasteiger partial charge in [-0.25, -0.2) is 4.79 Å². The number of carbonyl (C=O) groups is 1. The molecule has 1 N–H and O–H groups in total. The van der Waals surface area contributed by atoms with E-state index < -0.39 is 5.79 Å². The van der Waals surface area contributed by atoms with E-state index in [0.717, 1.165) is 13.1 Å². The second-order valence-electron chi connectivity index (χ2n) is 8.68. The van der Waals surface area contributed by atoms with E-state index in [-0.39, 0.29) is 23.8 Å². The van der Waals surface area contributed by atoms with Crippen LogP contribution in [0.15, 0.2) is 48.5 Å². The summed E-state index contributed by atoms with van der Waals surface area (Å²) in [6.07, 6.45) is -0.235. The molecule has 6 nitrogen and oxygen atoms in total. The summed E-state index contributed by atoms with van der Waals surface area (Å²) in [6.45, 7) is 4.42. The average Bonchev–Trinajstić information content (AvgIpc) is 3.36. The fourth-order valence-electron chi connectivity index (χ4n) is 5.79. The lowest BCUT2D eigenvalue weighted by atomic mass is 9.79. The third kappa shape index (κ3) is 2.71. The number of hydrogen-bond acceptors (Lipinski definition) is 5. The van der Waals surface area contributed by atoms with E-state index in [1.807, 2.05) is 4.90 Å². The highest BCUT2D eigenvalue weighted by atomic mass is 16.7. The molecule has 4 aliphatic rings. The van der Waals surface area contributed by atoms with E-state index in [0.29, 0.717) is 32.9 Å². The highest BCUT2D eigenvalue weighted by molar-refractivity contribution is 5.79. The summed E-state index contributed by atoms with van der Waals surface area (Å²) in [5, 5.41) is 3.46. The van der Waals surface area contributed by atoms with Crippen LogP contribution in [0.25, 0.3) is 11.1 Å². The number of nitrogens with zero attached hydrogens (tertiary/aromatic N) is 1. The smallest absolute Gasteiger partial charge is 0.409 e. The Bertz CT molecular complexity index is 910. The fourth-order valence-corrected chi connectivity index (χ4v) is 5.79. The monoisotopic (exact) mass is 406 g/mol. The molecular weight excluding hydrogens is 380 g/mol. The normalized spacial score (nSPS) is 26.5. The zero-order valence-corrected chi connectivity index (χ0v) is 16.9. The van der Waals surface area contributed by atoms with E-state index in [2.05, 4.69) is 53.8 Å². The van der Waals surface area contributed by atoms with Crippen LogP contribution >= 0.6 is 0 Å². The van der Waals surface area contributed by atoms with Gasteiger partial charge in [0.05, 0.1) is 13.2 Å². The SMILES string of the molecule is O=C(OCC1c2ccccc2-c2ccccc21)N1CC2CNCC(C1)C21OCCO1. The molecule has 2 atom stereocenters. The molecule has 3 saturated heterocycles. The van der Waals surface area contributed by atoms with Gasteiger partial charge < -0.3 is 24.4 Å². The second-order valence-corrected chi connectivity index (χ2v) is 8.68. The van der Waals surface area contributed by atoms with Crippen LogP contribution in [-0.4, -0.2) is 62.8 Å². The first-order valence-electron chi connectivity index (χ1n) is 10.8. The third-order valence-electron chi connectivity index (χ3n) is 7.13. The summed E-state index contributed by atoms with van der Waals surface area (Å²) in [5.74, 6) is -0.174. The summed E-state index contributed by atoms with van der Waals surface area (Å²) >= 11 is 0. The molecule has 6 heteroatoms. The molecule has 1 amide bonds. The summed E-state index contributed by atoms with van der Waals surface area (Å²) in [5.41, 5.74) is 4.95. The van der Waals surface area contributed by atoms with Gasteiger partial charge in [-0.3, -0.25) is 0 Å². The minimum Gasteiger partial charge on any atom is -0.448 e. The predicted octanol–water partition coefficient (Wildman–Crippen LogP) is 2.83. The topological polar surface area (TPSA) is 60.0 Å². The zero-order valence-electron chi connectivity index (χ0n) is 16.9. The van der Waals surface area contributed by atoms with Crippen molar-refractivity contribution in [1.29, 1.82) is 0 Å². The Hall–Kier alpha value is -2.41. The van der Waals surface area contributed by atoms with Crippen molar-refractivity contribution in [2.45, 2.75) is 11.7 Å². The summed E-state index contributed by atoms with van der Waals surface area (Å²) in [4.78, 5) is 14.9. The maximum absolute atomic E-state index is 13.0. The Balaban J connectivity index is 1.18. The van der Waals surface area contributed by atoms with Gasteiger partial charge in [0.1, 0.15) is 6.61 Å². The molecule has 0 saturated carbocycles. The van der Waals surface area contributed by atoms with Crippen LogP contribution in [0.3, 0.4) is 0 Å². The Labute approximate surface area is 176 Å². The molecular formula is C24H26N2O4. The fraction of sp³-hybridized carbons (Fsp3) is 0.458. The maximum Gasteiger partial charge on any atom is 0.409 e. The maximum atomic E-state index is 13.0. The summed E-state index contributed by atoms with van der Waals surface area (Å²) < 4.78 is 18.0. The lowest BCUT2D eigenvalue weighted by Crippen LogP contribution is -2.67. The molecule has 2 aromatic rings. The van der Waals surface area contributed by atoms with Crippen molar-refractivity contribution >= 4 is 6.09 Å². The minimum atomic E-state index is -0.522. The van der Waals surface area contributed by atoms with Gasteiger partial charge in [0.15, 0.2) is 5.79 Å². The molecule has 2 aromatic carbocycles. The van der Waals surface area contributed by atoms with Crippen LogP contribution in [0, 0.1) is 11.8 Å². The van der Waals surface area contributed by atoms with Crippen LogP contribution in [-0.2, 0) is 14.2 Å². The van der Waals surface area contributed by atoms with Crippen LogP contribution < -0.4 is 5.32 Å². The molecule has 3 fully saturated rings. The molecule has 3 aliphatic heterocycles. The Morgan fingerprint density at radius 1 is 0.967 bits per heavy atom. The first-order chi connectivity index (χ1) is 14.8. The Morgan fingerprint density at radius 3 is 2.13 bits per heavy atom. The zero-order chi connectivity index (χ0) is 20.1. The second kappa shape index (κ2) is 7.08. The largest absolute Gasteiger partial charge is 0.448 e. The molecule has 2 bridgehead atoms. The van der Waals surface area contributed by atoms with E-state index in [4.69, 9.17) is 14.2 Å². The van der Waals surface area contributed by atoms with Gasteiger partial charge >= 0.3 is 6.09 Å². The van der Waals surface area contributed by atoms with Crippen LogP contribution in [0.5, 0.6) is 0 Å². The quantitative estimate of drug-likeness (QED) is 0.831. The van der Waals surface area contributed by atoms with E-state index in [9.17, 15) is 4.79 Å². The van der Waals surface area contributed by atoms with Crippen molar-refractivity contribution in [3.63, 3.8) is 0 Å². The Morgan fingerprint density at radius 2 is 1.53 bits per heavy atom. The molecule has 156 valence electrons. The van der Waals surface area contributed by atoms with Crippen LogP contribution in [0.2, 0.25) is 0 Å². The van der Waals surface area contributed by atoms with Crippen molar-refractivity contribution in [3.05, 3.63) is 59.7 Å². The van der Waals surface area contributed by atoms with Gasteiger partial charge in [-0.2, -0.15) is 0 Å². The van der Waals surface area contributed by atoms with Crippen molar-refractivity contribution in [2.24, 2.45) is 11.8 Å². The molecule has 30 heavy (non-hydrogen) atoms. The van der Waals surface area contributed by atoms with Crippen LogP contribution in [0.1, 0.15) is 17.0 Å². The molecule has 1 aliphatic carbocycles. The van der Waals surface area contributed by atoms with Crippen molar-refractivity contribution in [1.82, 2.24) is 10.2 Å². The van der Waals surface area contributed by atoms with Gasteiger partial charge in [-0.15, -0.1) is 0 Å². The third-order valence-corrected chi connectivity index (χ3v) is 7.13. The van der Waals surface area contributed by atoms with Crippen molar-refractivity contribution in [3.8, 4) is 11.1 Å². The first-order valence-corrected chi connectivity index (χ1v) is 10.8. The minimum absolute atomic E-state index is 0.0835. The number of nitrogens with one attached hydrogen (secondary N) is 1. The lowest BCUT2D eigenvalue weighted by molar-refractivity contribution is -0.259. The van der Waals surface area contributed by atoms with Gasteiger partial charge in [0.2, 0.25) is 0 Å².